The predicted octanol–water partition coefficient (Wildman–Crippen LogP) is 7.05. The highest BCUT2D eigenvalue weighted by atomic mass is 35.5. The van der Waals surface area contributed by atoms with E-state index in [1.807, 2.05) is 63.2 Å². The summed E-state index contributed by atoms with van der Waals surface area (Å²) in [6.07, 6.45) is 0. The zero-order valence-corrected chi connectivity index (χ0v) is 14.7. The molecule has 0 atom stereocenters. The van der Waals surface area contributed by atoms with E-state index < -0.39 is 0 Å². The molecular weight excluding hydrogens is 320 g/mol. The number of fused-ring (bicyclic) bond motifs is 1. The zero-order valence-electron chi connectivity index (χ0n) is 13.9. The smallest absolute Gasteiger partial charge is 0.147 e. The molecule has 3 rings (SSSR count). The van der Waals surface area contributed by atoms with Crippen LogP contribution in [0.1, 0.15) is 30.9 Å². The molecule has 0 amide bonds. The van der Waals surface area contributed by atoms with Crippen LogP contribution in [0.3, 0.4) is 0 Å². The predicted molar refractivity (Wildman–Crippen MR) is 100 cm³/mol. The minimum atomic E-state index is 0.187. The summed E-state index contributed by atoms with van der Waals surface area (Å²) in [5, 5.41) is 21.9. The Labute approximate surface area is 146 Å². The number of phenols is 1. The van der Waals surface area contributed by atoms with Gasteiger partial charge in [0.2, 0.25) is 0 Å². The second kappa shape index (κ2) is 6.62. The molecule has 0 saturated carbocycles. The molecule has 3 aromatic carbocycles. The van der Waals surface area contributed by atoms with E-state index in [4.69, 9.17) is 11.6 Å². The average Bonchev–Trinajstić information content (AvgIpc) is 2.56. The summed E-state index contributed by atoms with van der Waals surface area (Å²) in [6.45, 7) is 6.05. The number of aryl methyl sites for hydroxylation is 1. The van der Waals surface area contributed by atoms with Crippen molar-refractivity contribution in [3.8, 4) is 5.75 Å². The highest BCUT2D eigenvalue weighted by Crippen LogP contribution is 2.42. The van der Waals surface area contributed by atoms with E-state index in [0.29, 0.717) is 16.4 Å². The number of azo groups is 1. The van der Waals surface area contributed by atoms with Crippen molar-refractivity contribution in [3.05, 3.63) is 64.7 Å². The van der Waals surface area contributed by atoms with Crippen LogP contribution in [0.2, 0.25) is 5.02 Å². The Morgan fingerprint density at radius 1 is 1.00 bits per heavy atom. The third-order valence-corrected chi connectivity index (χ3v) is 4.31. The number of aromatic hydroxyl groups is 1. The highest BCUT2D eigenvalue weighted by molar-refractivity contribution is 6.30. The molecule has 0 aliphatic carbocycles. The molecular formula is C20H19ClN2O. The van der Waals surface area contributed by atoms with Crippen molar-refractivity contribution in [2.45, 2.75) is 26.7 Å². The SMILES string of the molecule is Cc1ccc(Cl)cc1N=Nc1c(O)c(C(C)C)cc2ccccc12. The molecule has 0 aliphatic heterocycles. The molecule has 0 unspecified atom stereocenters. The zero-order chi connectivity index (χ0) is 17.3. The van der Waals surface area contributed by atoms with Crippen LogP contribution < -0.4 is 0 Å². The van der Waals surface area contributed by atoms with Crippen LogP contribution in [0.5, 0.6) is 5.75 Å². The number of phenolic OH excluding ortho intramolecular Hbond substituents is 1. The molecule has 122 valence electrons. The third-order valence-electron chi connectivity index (χ3n) is 4.08. The monoisotopic (exact) mass is 338 g/mol. The summed E-state index contributed by atoms with van der Waals surface area (Å²) in [6, 6.07) is 15.4. The van der Waals surface area contributed by atoms with Crippen LogP contribution in [-0.4, -0.2) is 5.11 Å². The Morgan fingerprint density at radius 3 is 2.50 bits per heavy atom. The number of nitrogens with zero attached hydrogens (tertiary/aromatic N) is 2. The molecule has 0 heterocycles. The highest BCUT2D eigenvalue weighted by Gasteiger charge is 2.15. The Morgan fingerprint density at radius 2 is 1.75 bits per heavy atom. The van der Waals surface area contributed by atoms with E-state index in [0.717, 1.165) is 21.9 Å². The van der Waals surface area contributed by atoms with Crippen molar-refractivity contribution in [1.29, 1.82) is 0 Å². The number of halogens is 1. The van der Waals surface area contributed by atoms with Crippen LogP contribution in [-0.2, 0) is 0 Å². The third kappa shape index (κ3) is 3.13. The van der Waals surface area contributed by atoms with Gasteiger partial charge in [0.05, 0.1) is 5.69 Å². The van der Waals surface area contributed by atoms with Crippen molar-refractivity contribution >= 4 is 33.7 Å². The molecule has 1 N–H and O–H groups in total. The van der Waals surface area contributed by atoms with E-state index in [1.54, 1.807) is 6.07 Å². The first-order valence-corrected chi connectivity index (χ1v) is 8.27. The fourth-order valence-corrected chi connectivity index (χ4v) is 2.84. The first kappa shape index (κ1) is 16.5. The quantitative estimate of drug-likeness (QED) is 0.511. The van der Waals surface area contributed by atoms with Crippen LogP contribution in [0.25, 0.3) is 10.8 Å². The summed E-state index contributed by atoms with van der Waals surface area (Å²) in [5.41, 5.74) is 3.04. The van der Waals surface area contributed by atoms with Gasteiger partial charge in [-0.2, -0.15) is 5.11 Å². The van der Waals surface area contributed by atoms with Crippen molar-refractivity contribution in [3.63, 3.8) is 0 Å². The average molecular weight is 339 g/mol. The van der Waals surface area contributed by atoms with E-state index >= 15 is 0 Å². The first-order valence-electron chi connectivity index (χ1n) is 7.90. The molecule has 3 nitrogen and oxygen atoms in total. The Kier molecular flexibility index (Phi) is 4.54. The van der Waals surface area contributed by atoms with Crippen LogP contribution >= 0.6 is 11.6 Å². The Hall–Kier alpha value is -2.39. The number of benzene rings is 3. The van der Waals surface area contributed by atoms with Gasteiger partial charge >= 0.3 is 0 Å². The number of rotatable bonds is 3. The van der Waals surface area contributed by atoms with E-state index in [1.165, 1.54) is 0 Å². The van der Waals surface area contributed by atoms with Crippen molar-refractivity contribution in [2.75, 3.05) is 0 Å². The standard InChI is InChI=1S/C20H19ClN2O/c1-12(2)17-10-14-6-4-5-7-16(14)19(20(17)24)23-22-18-11-15(21)9-8-13(18)3/h4-12,24H,1-3H3. The van der Waals surface area contributed by atoms with Gasteiger partial charge < -0.3 is 5.11 Å². The molecule has 0 fully saturated rings. The van der Waals surface area contributed by atoms with Gasteiger partial charge in [0.1, 0.15) is 11.4 Å². The Bertz CT molecular complexity index is 932. The molecule has 0 saturated heterocycles. The van der Waals surface area contributed by atoms with Gasteiger partial charge in [-0.1, -0.05) is 55.8 Å². The van der Waals surface area contributed by atoms with Gasteiger partial charge in [-0.25, -0.2) is 0 Å². The molecule has 0 aromatic heterocycles. The molecule has 3 aromatic rings. The maximum atomic E-state index is 10.7. The van der Waals surface area contributed by atoms with Crippen LogP contribution in [0.15, 0.2) is 58.8 Å². The molecule has 0 bridgehead atoms. The van der Waals surface area contributed by atoms with Crippen molar-refractivity contribution in [1.82, 2.24) is 0 Å². The summed E-state index contributed by atoms with van der Waals surface area (Å²) in [4.78, 5) is 0. The Balaban J connectivity index is 2.19. The van der Waals surface area contributed by atoms with E-state index in [2.05, 4.69) is 10.2 Å². The van der Waals surface area contributed by atoms with Gasteiger partial charge in [-0.05, 0) is 47.6 Å². The molecule has 0 spiro atoms. The van der Waals surface area contributed by atoms with Crippen LogP contribution in [0.4, 0.5) is 11.4 Å². The number of hydrogen-bond donors (Lipinski definition) is 1. The molecule has 4 heteroatoms. The maximum absolute atomic E-state index is 10.7. The van der Waals surface area contributed by atoms with E-state index in [9.17, 15) is 5.11 Å². The lowest BCUT2D eigenvalue weighted by Gasteiger charge is -2.13. The lowest BCUT2D eigenvalue weighted by molar-refractivity contribution is 0.467. The second-order valence-corrected chi connectivity index (χ2v) is 6.61. The topological polar surface area (TPSA) is 45.0 Å². The molecule has 24 heavy (non-hydrogen) atoms. The van der Waals surface area contributed by atoms with Crippen molar-refractivity contribution < 1.29 is 5.11 Å². The lowest BCUT2D eigenvalue weighted by atomic mass is 9.96. The number of hydrogen-bond acceptors (Lipinski definition) is 3. The minimum absolute atomic E-state index is 0.187. The van der Waals surface area contributed by atoms with Crippen molar-refractivity contribution in [2.24, 2.45) is 10.2 Å². The lowest BCUT2D eigenvalue weighted by Crippen LogP contribution is -1.89. The fraction of sp³-hybridized carbons (Fsp3) is 0.200. The fourth-order valence-electron chi connectivity index (χ4n) is 2.67. The summed E-state index contributed by atoms with van der Waals surface area (Å²) in [7, 11) is 0. The van der Waals surface area contributed by atoms with Gasteiger partial charge in [-0.3, -0.25) is 0 Å². The minimum Gasteiger partial charge on any atom is -0.505 e. The second-order valence-electron chi connectivity index (χ2n) is 6.17. The van der Waals surface area contributed by atoms with E-state index in [-0.39, 0.29) is 11.7 Å². The summed E-state index contributed by atoms with van der Waals surface area (Å²) in [5.74, 6) is 0.378. The van der Waals surface area contributed by atoms with Gasteiger partial charge in [0.15, 0.2) is 0 Å². The largest absolute Gasteiger partial charge is 0.505 e. The first-order chi connectivity index (χ1) is 11.5. The van der Waals surface area contributed by atoms with Gasteiger partial charge in [-0.15, -0.1) is 5.11 Å². The maximum Gasteiger partial charge on any atom is 0.147 e. The van der Waals surface area contributed by atoms with Gasteiger partial charge in [0, 0.05) is 10.4 Å². The molecule has 0 radical (unpaired) electrons. The van der Waals surface area contributed by atoms with Crippen LogP contribution in [0, 0.1) is 6.92 Å². The summed E-state index contributed by atoms with van der Waals surface area (Å²) >= 11 is 6.04. The normalized spacial score (nSPS) is 11.7. The summed E-state index contributed by atoms with van der Waals surface area (Å²) < 4.78 is 0. The molecule has 0 aliphatic rings. The van der Waals surface area contributed by atoms with Gasteiger partial charge in [0.25, 0.3) is 0 Å².